The highest BCUT2D eigenvalue weighted by Crippen LogP contribution is 2.40. The van der Waals surface area contributed by atoms with Gasteiger partial charge in [0.25, 0.3) is 0 Å². The third kappa shape index (κ3) is 5.29. The first kappa shape index (κ1) is 21.2. The molecule has 1 heterocycles. The molecule has 2 aromatic carbocycles. The zero-order valence-electron chi connectivity index (χ0n) is 16.6. The van der Waals surface area contributed by atoms with Gasteiger partial charge in [-0.25, -0.2) is 9.59 Å². The SMILES string of the molecule is COC(=O)c1ccc(CN(C(=O)N2CCS(O)(O)CC2)c2ccc(C)cc2)cc1. The molecule has 2 aromatic rings. The number of benzene rings is 2. The maximum absolute atomic E-state index is 13.2. The Balaban J connectivity index is 1.82. The summed E-state index contributed by atoms with van der Waals surface area (Å²) >= 11 is 0. The second kappa shape index (κ2) is 8.86. The molecule has 3 rings (SSSR count). The first-order valence-electron chi connectivity index (χ1n) is 9.33. The number of methoxy groups -OCH3 is 1. The molecule has 7 nitrogen and oxygen atoms in total. The fraction of sp³-hybridized carbons (Fsp3) is 0.333. The van der Waals surface area contributed by atoms with Crippen molar-refractivity contribution in [2.75, 3.05) is 36.6 Å². The van der Waals surface area contributed by atoms with Crippen molar-refractivity contribution in [1.29, 1.82) is 0 Å². The number of anilines is 1. The highest BCUT2D eigenvalue weighted by Gasteiger charge is 2.29. The van der Waals surface area contributed by atoms with Gasteiger partial charge in [0.15, 0.2) is 0 Å². The summed E-state index contributed by atoms with van der Waals surface area (Å²) in [5.74, 6) is -0.00174. The Morgan fingerprint density at radius 2 is 1.62 bits per heavy atom. The summed E-state index contributed by atoms with van der Waals surface area (Å²) in [6, 6.07) is 14.5. The van der Waals surface area contributed by atoms with E-state index < -0.39 is 16.6 Å². The maximum Gasteiger partial charge on any atom is 0.337 e. The molecule has 0 radical (unpaired) electrons. The number of aryl methyl sites for hydroxylation is 1. The topological polar surface area (TPSA) is 90.3 Å². The highest BCUT2D eigenvalue weighted by molar-refractivity contribution is 8.24. The molecule has 156 valence electrons. The smallest absolute Gasteiger partial charge is 0.337 e. The predicted octanol–water partition coefficient (Wildman–Crippen LogP) is 3.97. The number of esters is 1. The minimum absolute atomic E-state index is 0.180. The van der Waals surface area contributed by atoms with Crippen LogP contribution >= 0.6 is 10.6 Å². The van der Waals surface area contributed by atoms with Crippen LogP contribution in [0.15, 0.2) is 48.5 Å². The number of rotatable bonds is 4. The number of hydrogen-bond donors (Lipinski definition) is 2. The van der Waals surface area contributed by atoms with Gasteiger partial charge >= 0.3 is 12.0 Å². The first-order valence-corrected chi connectivity index (χ1v) is 11.2. The zero-order chi connectivity index (χ0) is 21.0. The molecule has 2 amide bonds. The number of ether oxygens (including phenoxy) is 1. The molecule has 1 saturated heterocycles. The van der Waals surface area contributed by atoms with Gasteiger partial charge in [-0.15, -0.1) is 0 Å². The van der Waals surface area contributed by atoms with Gasteiger partial charge in [0.05, 0.1) is 30.7 Å². The van der Waals surface area contributed by atoms with Crippen molar-refractivity contribution in [2.45, 2.75) is 13.5 Å². The number of hydrogen-bond acceptors (Lipinski definition) is 5. The fourth-order valence-electron chi connectivity index (χ4n) is 3.13. The van der Waals surface area contributed by atoms with Gasteiger partial charge < -0.3 is 9.64 Å². The Kier molecular flexibility index (Phi) is 6.46. The van der Waals surface area contributed by atoms with Gasteiger partial charge in [0, 0.05) is 18.8 Å². The molecular weight excluding hydrogens is 392 g/mol. The molecule has 0 atom stereocenters. The Bertz CT molecular complexity index is 858. The van der Waals surface area contributed by atoms with E-state index in [-0.39, 0.29) is 17.5 Å². The van der Waals surface area contributed by atoms with Gasteiger partial charge in [0.1, 0.15) is 0 Å². The van der Waals surface area contributed by atoms with Crippen LogP contribution in [0, 0.1) is 6.92 Å². The summed E-state index contributed by atoms with van der Waals surface area (Å²) < 4.78 is 24.4. The average Bonchev–Trinajstić information content (AvgIpc) is 2.72. The fourth-order valence-corrected chi connectivity index (χ4v) is 4.36. The Labute approximate surface area is 172 Å². The Hall–Kier alpha value is -2.55. The summed E-state index contributed by atoms with van der Waals surface area (Å²) in [6.45, 7) is 2.93. The van der Waals surface area contributed by atoms with E-state index in [0.717, 1.165) is 16.8 Å². The van der Waals surface area contributed by atoms with Crippen LogP contribution in [0.5, 0.6) is 0 Å². The lowest BCUT2D eigenvalue weighted by atomic mass is 10.1. The van der Waals surface area contributed by atoms with Crippen LogP contribution in [-0.2, 0) is 11.3 Å². The second-order valence-corrected chi connectivity index (χ2v) is 9.51. The third-order valence-corrected chi connectivity index (χ3v) is 6.61. The van der Waals surface area contributed by atoms with Gasteiger partial charge in [-0.3, -0.25) is 14.0 Å². The quantitative estimate of drug-likeness (QED) is 0.733. The predicted molar refractivity (Wildman–Crippen MR) is 115 cm³/mol. The molecule has 0 saturated carbocycles. The third-order valence-electron chi connectivity index (χ3n) is 4.94. The van der Waals surface area contributed by atoms with Crippen molar-refractivity contribution in [2.24, 2.45) is 0 Å². The molecule has 0 bridgehead atoms. The minimum atomic E-state index is -2.58. The van der Waals surface area contributed by atoms with Crippen molar-refractivity contribution >= 4 is 28.3 Å². The van der Waals surface area contributed by atoms with Gasteiger partial charge in [-0.1, -0.05) is 29.8 Å². The second-order valence-electron chi connectivity index (χ2n) is 7.09. The number of amides is 2. The normalized spacial score (nSPS) is 16.8. The molecular formula is C21H26N2O5S. The number of carbonyl (C=O) groups excluding carboxylic acids is 2. The van der Waals surface area contributed by atoms with Crippen LogP contribution in [0.4, 0.5) is 10.5 Å². The van der Waals surface area contributed by atoms with E-state index in [2.05, 4.69) is 0 Å². The summed E-state index contributed by atoms with van der Waals surface area (Å²) in [7, 11) is -1.24. The summed E-state index contributed by atoms with van der Waals surface area (Å²) in [5.41, 5.74) is 3.17. The lowest BCUT2D eigenvalue weighted by molar-refractivity contribution is 0.0600. The summed E-state index contributed by atoms with van der Waals surface area (Å²) in [4.78, 5) is 28.2. The molecule has 1 aliphatic rings. The van der Waals surface area contributed by atoms with Crippen LogP contribution < -0.4 is 4.90 Å². The van der Waals surface area contributed by atoms with E-state index in [4.69, 9.17) is 4.74 Å². The van der Waals surface area contributed by atoms with Gasteiger partial charge in [-0.2, -0.15) is 10.6 Å². The molecule has 29 heavy (non-hydrogen) atoms. The number of urea groups is 1. The lowest BCUT2D eigenvalue weighted by Crippen LogP contribution is -2.48. The van der Waals surface area contributed by atoms with Crippen molar-refractivity contribution < 1.29 is 23.4 Å². The zero-order valence-corrected chi connectivity index (χ0v) is 17.4. The largest absolute Gasteiger partial charge is 0.465 e. The van der Waals surface area contributed by atoms with Crippen molar-refractivity contribution in [3.8, 4) is 0 Å². The van der Waals surface area contributed by atoms with Crippen LogP contribution in [0.1, 0.15) is 21.5 Å². The van der Waals surface area contributed by atoms with Crippen LogP contribution in [0.25, 0.3) is 0 Å². The molecule has 0 spiro atoms. The van der Waals surface area contributed by atoms with E-state index >= 15 is 0 Å². The highest BCUT2D eigenvalue weighted by atomic mass is 32.3. The van der Waals surface area contributed by atoms with Crippen LogP contribution in [-0.4, -0.2) is 57.7 Å². The molecule has 8 heteroatoms. The summed E-state index contributed by atoms with van der Waals surface area (Å²) in [5, 5.41) is 0. The summed E-state index contributed by atoms with van der Waals surface area (Å²) in [6.07, 6.45) is 0. The van der Waals surface area contributed by atoms with Crippen molar-refractivity contribution in [1.82, 2.24) is 4.90 Å². The Morgan fingerprint density at radius 1 is 1.03 bits per heavy atom. The minimum Gasteiger partial charge on any atom is -0.465 e. The molecule has 0 aliphatic carbocycles. The molecule has 0 unspecified atom stereocenters. The van der Waals surface area contributed by atoms with Crippen molar-refractivity contribution in [3.05, 3.63) is 65.2 Å². The van der Waals surface area contributed by atoms with Crippen LogP contribution in [0.2, 0.25) is 0 Å². The molecule has 2 N–H and O–H groups in total. The monoisotopic (exact) mass is 418 g/mol. The van der Waals surface area contributed by atoms with Crippen molar-refractivity contribution in [3.63, 3.8) is 0 Å². The lowest BCUT2D eigenvalue weighted by Gasteiger charge is -2.42. The van der Waals surface area contributed by atoms with Crippen LogP contribution in [0.3, 0.4) is 0 Å². The standard InChI is InChI=1S/C21H26N2O5S/c1-16-3-9-19(10-4-16)23(21(25)22-11-13-29(26,27)14-12-22)15-17-5-7-18(8-6-17)20(24)28-2/h3-10,26-27H,11-15H2,1-2H3. The Morgan fingerprint density at radius 3 is 2.17 bits per heavy atom. The van der Waals surface area contributed by atoms with E-state index in [1.54, 1.807) is 34.1 Å². The van der Waals surface area contributed by atoms with E-state index in [1.807, 2.05) is 31.2 Å². The average molecular weight is 419 g/mol. The molecule has 0 aromatic heterocycles. The van der Waals surface area contributed by atoms with Gasteiger partial charge in [0.2, 0.25) is 0 Å². The van der Waals surface area contributed by atoms with Gasteiger partial charge in [-0.05, 0) is 36.8 Å². The molecule has 1 fully saturated rings. The van der Waals surface area contributed by atoms with E-state index in [9.17, 15) is 18.7 Å². The maximum atomic E-state index is 13.2. The van der Waals surface area contributed by atoms with E-state index in [0.29, 0.717) is 25.2 Å². The number of nitrogens with zero attached hydrogens (tertiary/aromatic N) is 2. The number of carbonyl (C=O) groups is 2. The first-order chi connectivity index (χ1) is 13.8. The molecule has 1 aliphatic heterocycles. The van der Waals surface area contributed by atoms with E-state index in [1.165, 1.54) is 7.11 Å².